The van der Waals surface area contributed by atoms with E-state index >= 15 is 0 Å². The highest BCUT2D eigenvalue weighted by molar-refractivity contribution is 6.46. The number of ether oxygens (including phenoxy) is 1. The van der Waals surface area contributed by atoms with Gasteiger partial charge < -0.3 is 10.1 Å². The van der Waals surface area contributed by atoms with E-state index in [0.29, 0.717) is 22.7 Å². The highest BCUT2D eigenvalue weighted by Gasteiger charge is 2.41. The van der Waals surface area contributed by atoms with E-state index in [4.69, 9.17) is 4.74 Å². The number of aryl methyl sites for hydroxylation is 2. The van der Waals surface area contributed by atoms with Crippen LogP contribution < -0.4 is 15.0 Å². The van der Waals surface area contributed by atoms with E-state index in [1.54, 1.807) is 24.3 Å². The average molecular weight is 416 g/mol. The van der Waals surface area contributed by atoms with Crippen LogP contribution in [-0.2, 0) is 9.59 Å². The van der Waals surface area contributed by atoms with E-state index in [9.17, 15) is 14.0 Å². The summed E-state index contributed by atoms with van der Waals surface area (Å²) in [6.45, 7) is 3.93. The molecule has 31 heavy (non-hydrogen) atoms. The maximum atomic E-state index is 13.5. The average Bonchev–Trinajstić information content (AvgIpc) is 3.01. The Morgan fingerprint density at radius 3 is 2.26 bits per heavy atom. The second kappa shape index (κ2) is 8.07. The van der Waals surface area contributed by atoms with Crippen LogP contribution in [0.2, 0.25) is 0 Å². The Bertz CT molecular complexity index is 1220. The van der Waals surface area contributed by atoms with Gasteiger partial charge in [-0.15, -0.1) is 0 Å². The summed E-state index contributed by atoms with van der Waals surface area (Å²) in [5, 5.41) is 3.03. The van der Waals surface area contributed by atoms with Crippen LogP contribution in [0.15, 0.2) is 72.4 Å². The Labute approximate surface area is 179 Å². The summed E-state index contributed by atoms with van der Waals surface area (Å²) >= 11 is 0. The molecule has 2 amide bonds. The molecule has 0 saturated heterocycles. The molecule has 6 heteroatoms. The maximum absolute atomic E-state index is 13.5. The summed E-state index contributed by atoms with van der Waals surface area (Å²) in [7, 11) is 1.49. The highest BCUT2D eigenvalue weighted by Crippen LogP contribution is 2.38. The number of nitrogens with zero attached hydrogens (tertiary/aromatic N) is 1. The van der Waals surface area contributed by atoms with Gasteiger partial charge in [0.05, 0.1) is 18.4 Å². The fourth-order valence-corrected chi connectivity index (χ4v) is 3.52. The summed E-state index contributed by atoms with van der Waals surface area (Å²) in [6.07, 6.45) is 0. The van der Waals surface area contributed by atoms with Gasteiger partial charge in [0.25, 0.3) is 11.8 Å². The SMILES string of the molecule is COc1ccccc1N1C(=O)C(Nc2ccc(F)cc2)=C(c2ccc(C)c(C)c2)C1=O. The van der Waals surface area contributed by atoms with Crippen molar-refractivity contribution in [1.82, 2.24) is 0 Å². The van der Waals surface area contributed by atoms with Crippen molar-refractivity contribution >= 4 is 28.8 Å². The van der Waals surface area contributed by atoms with E-state index < -0.39 is 17.6 Å². The summed E-state index contributed by atoms with van der Waals surface area (Å²) in [5.74, 6) is -0.945. The standard InChI is InChI=1S/C25H21FN2O3/c1-15-8-9-17(14-16(15)2)22-23(27-19-12-10-18(26)11-13-19)25(30)28(24(22)29)20-6-4-5-7-21(20)31-3/h4-14,27H,1-3H3. The van der Waals surface area contributed by atoms with Crippen molar-refractivity contribution < 1.29 is 18.7 Å². The number of rotatable bonds is 5. The predicted octanol–water partition coefficient (Wildman–Crippen LogP) is 4.85. The molecule has 0 radical (unpaired) electrons. The fraction of sp³-hybridized carbons (Fsp3) is 0.120. The van der Waals surface area contributed by atoms with Crippen LogP contribution in [0.5, 0.6) is 5.75 Å². The zero-order chi connectivity index (χ0) is 22.1. The topological polar surface area (TPSA) is 58.6 Å². The van der Waals surface area contributed by atoms with Crippen LogP contribution in [0.1, 0.15) is 16.7 Å². The zero-order valence-corrected chi connectivity index (χ0v) is 17.4. The first-order valence-corrected chi connectivity index (χ1v) is 9.77. The summed E-state index contributed by atoms with van der Waals surface area (Å²) in [6, 6.07) is 18.1. The van der Waals surface area contributed by atoms with Crippen LogP contribution in [0, 0.1) is 19.7 Å². The van der Waals surface area contributed by atoms with Crippen LogP contribution in [0.3, 0.4) is 0 Å². The number of hydrogen-bond donors (Lipinski definition) is 1. The van der Waals surface area contributed by atoms with E-state index in [0.717, 1.165) is 16.0 Å². The minimum Gasteiger partial charge on any atom is -0.495 e. The Morgan fingerprint density at radius 1 is 0.871 bits per heavy atom. The molecule has 156 valence electrons. The number of carbonyl (C=O) groups excluding carboxylic acids is 2. The first kappa shape index (κ1) is 20.3. The number of amides is 2. The highest BCUT2D eigenvalue weighted by atomic mass is 19.1. The molecule has 1 aliphatic heterocycles. The van der Waals surface area contributed by atoms with Crippen molar-refractivity contribution in [2.24, 2.45) is 0 Å². The van der Waals surface area contributed by atoms with Crippen molar-refractivity contribution in [2.75, 3.05) is 17.3 Å². The number of imide groups is 1. The Morgan fingerprint density at radius 2 is 1.58 bits per heavy atom. The summed E-state index contributed by atoms with van der Waals surface area (Å²) < 4.78 is 18.7. The van der Waals surface area contributed by atoms with Crippen molar-refractivity contribution in [3.05, 3.63) is 94.9 Å². The van der Waals surface area contributed by atoms with Crippen molar-refractivity contribution in [2.45, 2.75) is 13.8 Å². The molecule has 5 nitrogen and oxygen atoms in total. The van der Waals surface area contributed by atoms with Crippen molar-refractivity contribution in [3.8, 4) is 5.75 Å². The normalized spacial score (nSPS) is 13.7. The van der Waals surface area contributed by atoms with Crippen LogP contribution in [0.25, 0.3) is 5.57 Å². The lowest BCUT2D eigenvalue weighted by Crippen LogP contribution is -2.32. The first-order valence-electron chi connectivity index (χ1n) is 9.77. The minimum atomic E-state index is -0.507. The van der Waals surface area contributed by atoms with Crippen LogP contribution >= 0.6 is 0 Å². The second-order valence-electron chi connectivity index (χ2n) is 7.30. The number of hydrogen-bond acceptors (Lipinski definition) is 4. The molecule has 0 aromatic heterocycles. The number of nitrogens with one attached hydrogen (secondary N) is 1. The molecule has 0 unspecified atom stereocenters. The Hall–Kier alpha value is -3.93. The van der Waals surface area contributed by atoms with Gasteiger partial charge in [0.1, 0.15) is 17.3 Å². The van der Waals surface area contributed by atoms with Gasteiger partial charge in [0, 0.05) is 5.69 Å². The van der Waals surface area contributed by atoms with Gasteiger partial charge in [-0.25, -0.2) is 9.29 Å². The molecule has 0 atom stereocenters. The summed E-state index contributed by atoms with van der Waals surface area (Å²) in [5.41, 5.74) is 3.95. The van der Waals surface area contributed by atoms with Gasteiger partial charge in [-0.3, -0.25) is 9.59 Å². The molecule has 3 aromatic rings. The van der Waals surface area contributed by atoms with E-state index in [1.807, 2.05) is 32.0 Å². The number of para-hydroxylation sites is 2. The molecule has 0 bridgehead atoms. The molecule has 0 aliphatic carbocycles. The molecule has 0 fully saturated rings. The number of carbonyl (C=O) groups is 2. The molecule has 4 rings (SSSR count). The van der Waals surface area contributed by atoms with E-state index in [-0.39, 0.29) is 11.3 Å². The first-order chi connectivity index (χ1) is 14.9. The molecular weight excluding hydrogens is 395 g/mol. The fourth-order valence-electron chi connectivity index (χ4n) is 3.52. The van der Waals surface area contributed by atoms with Gasteiger partial charge in [0.15, 0.2) is 0 Å². The largest absolute Gasteiger partial charge is 0.495 e. The number of anilines is 2. The molecule has 1 N–H and O–H groups in total. The maximum Gasteiger partial charge on any atom is 0.282 e. The van der Waals surface area contributed by atoms with Gasteiger partial charge in [-0.2, -0.15) is 0 Å². The molecule has 3 aromatic carbocycles. The molecule has 0 saturated carbocycles. The second-order valence-corrected chi connectivity index (χ2v) is 7.30. The Balaban J connectivity index is 1.86. The van der Waals surface area contributed by atoms with Crippen molar-refractivity contribution in [3.63, 3.8) is 0 Å². The lowest BCUT2D eigenvalue weighted by atomic mass is 9.99. The smallest absolute Gasteiger partial charge is 0.282 e. The quantitative estimate of drug-likeness (QED) is 0.604. The predicted molar refractivity (Wildman–Crippen MR) is 118 cm³/mol. The summed E-state index contributed by atoms with van der Waals surface area (Å²) in [4.78, 5) is 28.1. The van der Waals surface area contributed by atoms with E-state index in [2.05, 4.69) is 5.32 Å². The van der Waals surface area contributed by atoms with Gasteiger partial charge in [-0.05, 0) is 66.9 Å². The minimum absolute atomic E-state index is 0.130. The number of halogens is 1. The van der Waals surface area contributed by atoms with E-state index in [1.165, 1.54) is 31.4 Å². The monoisotopic (exact) mass is 416 g/mol. The van der Waals surface area contributed by atoms with Gasteiger partial charge >= 0.3 is 0 Å². The molecule has 0 spiro atoms. The zero-order valence-electron chi connectivity index (χ0n) is 17.4. The Kier molecular flexibility index (Phi) is 5.29. The van der Waals surface area contributed by atoms with Gasteiger partial charge in [0.2, 0.25) is 0 Å². The molecule has 1 heterocycles. The molecule has 1 aliphatic rings. The molecular formula is C25H21FN2O3. The third-order valence-corrected chi connectivity index (χ3v) is 5.32. The number of benzene rings is 3. The van der Waals surface area contributed by atoms with Crippen molar-refractivity contribution in [1.29, 1.82) is 0 Å². The van der Waals surface area contributed by atoms with Crippen LogP contribution in [-0.4, -0.2) is 18.9 Å². The van der Waals surface area contributed by atoms with Gasteiger partial charge in [-0.1, -0.05) is 30.3 Å². The number of methoxy groups -OCH3 is 1. The van der Waals surface area contributed by atoms with Crippen LogP contribution in [0.4, 0.5) is 15.8 Å². The third-order valence-electron chi connectivity index (χ3n) is 5.32. The third kappa shape index (κ3) is 3.68. The lowest BCUT2D eigenvalue weighted by Gasteiger charge is -2.18. The lowest BCUT2D eigenvalue weighted by molar-refractivity contribution is -0.120.